The van der Waals surface area contributed by atoms with E-state index in [1.54, 1.807) is 24.3 Å². The molecular formula is C23H19N3O2. The Labute approximate surface area is 162 Å². The summed E-state index contributed by atoms with van der Waals surface area (Å²) in [4.78, 5) is 24.4. The number of amides is 2. The molecule has 4 aromatic rings. The Morgan fingerprint density at radius 3 is 2.32 bits per heavy atom. The van der Waals surface area contributed by atoms with Crippen LogP contribution in [0, 0.1) is 0 Å². The summed E-state index contributed by atoms with van der Waals surface area (Å²) in [6.07, 6.45) is 0. The summed E-state index contributed by atoms with van der Waals surface area (Å²) in [7, 11) is 0. The van der Waals surface area contributed by atoms with Gasteiger partial charge in [0.2, 0.25) is 5.91 Å². The Bertz CT molecular complexity index is 1160. The average molecular weight is 369 g/mol. The number of carbonyl (C=O) groups is 2. The van der Waals surface area contributed by atoms with E-state index in [9.17, 15) is 9.59 Å². The monoisotopic (exact) mass is 369 g/mol. The number of fused-ring (bicyclic) bond motifs is 1. The Kier molecular flexibility index (Phi) is 4.64. The van der Waals surface area contributed by atoms with E-state index in [0.29, 0.717) is 5.69 Å². The fourth-order valence-corrected chi connectivity index (χ4v) is 3.37. The van der Waals surface area contributed by atoms with E-state index in [1.807, 2.05) is 59.2 Å². The normalized spacial score (nSPS) is 10.7. The van der Waals surface area contributed by atoms with Gasteiger partial charge >= 0.3 is 0 Å². The molecule has 5 heteroatoms. The van der Waals surface area contributed by atoms with Crippen LogP contribution in [-0.2, 0) is 11.3 Å². The van der Waals surface area contributed by atoms with Gasteiger partial charge in [-0.1, -0.05) is 60.7 Å². The topological polar surface area (TPSA) is 77.1 Å². The number of rotatable bonds is 5. The summed E-state index contributed by atoms with van der Waals surface area (Å²) in [5.74, 6) is -0.806. The highest BCUT2D eigenvalue weighted by Crippen LogP contribution is 2.28. The molecule has 0 aliphatic heterocycles. The predicted molar refractivity (Wildman–Crippen MR) is 111 cm³/mol. The van der Waals surface area contributed by atoms with Crippen LogP contribution in [0.1, 0.15) is 10.4 Å². The molecule has 1 aromatic heterocycles. The number of anilines is 1. The first-order valence-corrected chi connectivity index (χ1v) is 8.96. The molecule has 2 amide bonds. The van der Waals surface area contributed by atoms with Crippen molar-refractivity contribution < 1.29 is 9.59 Å². The molecule has 0 fully saturated rings. The molecule has 3 N–H and O–H groups in total. The van der Waals surface area contributed by atoms with Crippen LogP contribution in [0.3, 0.4) is 0 Å². The first kappa shape index (κ1) is 17.5. The highest BCUT2D eigenvalue weighted by Gasteiger charge is 2.15. The maximum Gasteiger partial charge on any atom is 0.250 e. The number of nitrogens with two attached hydrogens (primary N) is 1. The van der Waals surface area contributed by atoms with Crippen molar-refractivity contribution in [1.29, 1.82) is 0 Å². The zero-order valence-corrected chi connectivity index (χ0v) is 15.1. The van der Waals surface area contributed by atoms with Crippen molar-refractivity contribution in [2.75, 3.05) is 5.32 Å². The van der Waals surface area contributed by atoms with Gasteiger partial charge in [-0.3, -0.25) is 9.59 Å². The molecule has 0 bridgehead atoms. The number of para-hydroxylation sites is 2. The van der Waals surface area contributed by atoms with Crippen molar-refractivity contribution in [2.45, 2.75) is 6.54 Å². The van der Waals surface area contributed by atoms with Crippen LogP contribution >= 0.6 is 0 Å². The van der Waals surface area contributed by atoms with Crippen LogP contribution in [0.15, 0.2) is 84.9 Å². The zero-order valence-electron chi connectivity index (χ0n) is 15.1. The fourth-order valence-electron chi connectivity index (χ4n) is 3.37. The molecule has 0 saturated heterocycles. The molecule has 4 rings (SSSR count). The van der Waals surface area contributed by atoms with Gasteiger partial charge in [-0.05, 0) is 29.8 Å². The molecular weight excluding hydrogens is 350 g/mol. The molecule has 5 nitrogen and oxygen atoms in total. The summed E-state index contributed by atoms with van der Waals surface area (Å²) >= 11 is 0. The Hall–Kier alpha value is -3.86. The number of hydrogen-bond donors (Lipinski definition) is 2. The summed E-state index contributed by atoms with van der Waals surface area (Å²) in [6, 6.07) is 26.7. The standard InChI is InChI=1S/C23H19N3O2/c24-23(28)18-11-5-6-12-19(18)25-22(27)15-26-20-13-7-4-10-17(20)14-21(26)16-8-2-1-3-9-16/h1-14H,15H2,(H2,24,28)(H,25,27). The van der Waals surface area contributed by atoms with Gasteiger partial charge in [0.05, 0.1) is 11.3 Å². The maximum absolute atomic E-state index is 12.8. The SMILES string of the molecule is NC(=O)c1ccccc1NC(=O)Cn1c(-c2ccccc2)cc2ccccc21. The number of nitrogens with one attached hydrogen (secondary N) is 1. The van der Waals surface area contributed by atoms with E-state index in [-0.39, 0.29) is 18.0 Å². The number of primary amides is 1. The first-order chi connectivity index (χ1) is 13.6. The third-order valence-corrected chi connectivity index (χ3v) is 4.65. The van der Waals surface area contributed by atoms with Crippen LogP contribution in [-0.4, -0.2) is 16.4 Å². The third kappa shape index (κ3) is 3.38. The molecule has 3 aromatic carbocycles. The van der Waals surface area contributed by atoms with Crippen molar-refractivity contribution in [3.8, 4) is 11.3 Å². The van der Waals surface area contributed by atoms with Crippen LogP contribution in [0.4, 0.5) is 5.69 Å². The van der Waals surface area contributed by atoms with Gasteiger partial charge in [0.1, 0.15) is 6.54 Å². The number of hydrogen-bond acceptors (Lipinski definition) is 2. The van der Waals surface area contributed by atoms with Gasteiger partial charge in [-0.25, -0.2) is 0 Å². The number of benzene rings is 3. The van der Waals surface area contributed by atoms with Gasteiger partial charge in [0.15, 0.2) is 0 Å². The van der Waals surface area contributed by atoms with Crippen LogP contribution in [0.2, 0.25) is 0 Å². The van der Waals surface area contributed by atoms with Crippen LogP contribution in [0.25, 0.3) is 22.2 Å². The highest BCUT2D eigenvalue weighted by molar-refractivity contribution is 6.03. The van der Waals surface area contributed by atoms with Gasteiger partial charge < -0.3 is 15.6 Å². The smallest absolute Gasteiger partial charge is 0.250 e. The number of nitrogens with zero attached hydrogens (tertiary/aromatic N) is 1. The van der Waals surface area contributed by atoms with Crippen LogP contribution < -0.4 is 11.1 Å². The Morgan fingerprint density at radius 1 is 0.857 bits per heavy atom. The average Bonchev–Trinajstić information content (AvgIpc) is 3.07. The number of aromatic nitrogens is 1. The molecule has 1 heterocycles. The van der Waals surface area contributed by atoms with E-state index in [2.05, 4.69) is 11.4 Å². The summed E-state index contributed by atoms with van der Waals surface area (Å²) < 4.78 is 1.98. The molecule has 0 spiro atoms. The van der Waals surface area contributed by atoms with E-state index >= 15 is 0 Å². The zero-order chi connectivity index (χ0) is 19.5. The Morgan fingerprint density at radius 2 is 1.54 bits per heavy atom. The molecule has 28 heavy (non-hydrogen) atoms. The van der Waals surface area contributed by atoms with E-state index in [4.69, 9.17) is 5.73 Å². The lowest BCUT2D eigenvalue weighted by Gasteiger charge is -2.13. The molecule has 0 aliphatic carbocycles. The van der Waals surface area contributed by atoms with Gasteiger partial charge in [-0.15, -0.1) is 0 Å². The fraction of sp³-hybridized carbons (Fsp3) is 0.0435. The predicted octanol–water partition coefficient (Wildman–Crippen LogP) is 4.05. The molecule has 138 valence electrons. The van der Waals surface area contributed by atoms with Crippen molar-refractivity contribution in [2.24, 2.45) is 5.73 Å². The largest absolute Gasteiger partial charge is 0.366 e. The summed E-state index contributed by atoms with van der Waals surface area (Å²) in [5.41, 5.74) is 9.07. The molecule has 0 unspecified atom stereocenters. The van der Waals surface area contributed by atoms with Crippen molar-refractivity contribution in [3.63, 3.8) is 0 Å². The molecule has 0 aliphatic rings. The second-order valence-corrected chi connectivity index (χ2v) is 6.50. The minimum Gasteiger partial charge on any atom is -0.366 e. The van der Waals surface area contributed by atoms with E-state index in [1.165, 1.54) is 0 Å². The highest BCUT2D eigenvalue weighted by atomic mass is 16.2. The molecule has 0 radical (unpaired) electrons. The first-order valence-electron chi connectivity index (χ1n) is 8.96. The van der Waals surface area contributed by atoms with E-state index < -0.39 is 5.91 Å². The lowest BCUT2D eigenvalue weighted by atomic mass is 10.1. The second-order valence-electron chi connectivity index (χ2n) is 6.50. The van der Waals surface area contributed by atoms with Gasteiger partial charge in [0, 0.05) is 16.6 Å². The lowest BCUT2D eigenvalue weighted by molar-refractivity contribution is -0.116. The van der Waals surface area contributed by atoms with Gasteiger partial charge in [0.25, 0.3) is 5.91 Å². The van der Waals surface area contributed by atoms with Crippen LogP contribution in [0.5, 0.6) is 0 Å². The van der Waals surface area contributed by atoms with Crippen molar-refractivity contribution in [1.82, 2.24) is 4.57 Å². The van der Waals surface area contributed by atoms with Gasteiger partial charge in [-0.2, -0.15) is 0 Å². The third-order valence-electron chi connectivity index (χ3n) is 4.65. The maximum atomic E-state index is 12.8. The summed E-state index contributed by atoms with van der Waals surface area (Å²) in [6.45, 7) is 0.116. The lowest BCUT2D eigenvalue weighted by Crippen LogP contribution is -2.22. The quantitative estimate of drug-likeness (QED) is 0.557. The summed E-state index contributed by atoms with van der Waals surface area (Å²) in [5, 5.41) is 3.87. The number of carbonyl (C=O) groups excluding carboxylic acids is 2. The second kappa shape index (κ2) is 7.40. The molecule has 0 saturated carbocycles. The van der Waals surface area contributed by atoms with E-state index in [0.717, 1.165) is 22.2 Å². The minimum atomic E-state index is -0.577. The van der Waals surface area contributed by atoms with Crippen molar-refractivity contribution in [3.05, 3.63) is 90.5 Å². The van der Waals surface area contributed by atoms with Crippen molar-refractivity contribution >= 4 is 28.4 Å². The Balaban J connectivity index is 1.70. The minimum absolute atomic E-state index is 0.116. The molecule has 0 atom stereocenters.